The zero-order valence-corrected chi connectivity index (χ0v) is 9.83. The fourth-order valence-corrected chi connectivity index (χ4v) is 1.23. The van der Waals surface area contributed by atoms with Crippen molar-refractivity contribution in [3.05, 3.63) is 29.3 Å². The summed E-state index contributed by atoms with van der Waals surface area (Å²) in [6.45, 7) is 8.44. The predicted molar refractivity (Wildman–Crippen MR) is 61.5 cm³/mol. The van der Waals surface area contributed by atoms with Crippen LogP contribution >= 0.6 is 0 Å². The number of benzene rings is 1. The van der Waals surface area contributed by atoms with E-state index in [-0.39, 0.29) is 5.78 Å². The van der Waals surface area contributed by atoms with Crippen molar-refractivity contribution in [2.24, 2.45) is 5.92 Å². The molecule has 0 heterocycles. The highest BCUT2D eigenvalue weighted by atomic mass is 16.5. The highest BCUT2D eigenvalue weighted by Gasteiger charge is 2.05. The SMILES string of the molecule is CC(=O)c1ccc(C)c(OCC(C)C)c1. The van der Waals surface area contributed by atoms with Gasteiger partial charge in [0.25, 0.3) is 0 Å². The third kappa shape index (κ3) is 3.39. The third-order valence-corrected chi connectivity index (χ3v) is 2.17. The summed E-state index contributed by atoms with van der Waals surface area (Å²) in [5.41, 5.74) is 1.78. The monoisotopic (exact) mass is 206 g/mol. The normalized spacial score (nSPS) is 10.5. The molecule has 0 amide bonds. The van der Waals surface area contributed by atoms with E-state index in [0.717, 1.165) is 11.3 Å². The molecule has 0 radical (unpaired) electrons. The minimum absolute atomic E-state index is 0.0735. The van der Waals surface area contributed by atoms with Crippen LogP contribution in [0, 0.1) is 12.8 Å². The molecule has 0 saturated carbocycles. The Morgan fingerprint density at radius 2 is 2.07 bits per heavy atom. The first-order chi connectivity index (χ1) is 7.00. The van der Waals surface area contributed by atoms with Crippen LogP contribution in [0.2, 0.25) is 0 Å². The van der Waals surface area contributed by atoms with Gasteiger partial charge in [-0.1, -0.05) is 26.0 Å². The summed E-state index contributed by atoms with van der Waals surface area (Å²) in [6, 6.07) is 5.58. The van der Waals surface area contributed by atoms with Gasteiger partial charge in [-0.15, -0.1) is 0 Å². The fraction of sp³-hybridized carbons (Fsp3) is 0.462. The second-order valence-corrected chi connectivity index (χ2v) is 4.24. The zero-order chi connectivity index (χ0) is 11.4. The molecule has 15 heavy (non-hydrogen) atoms. The fourth-order valence-electron chi connectivity index (χ4n) is 1.23. The first-order valence-corrected chi connectivity index (χ1v) is 5.25. The number of aryl methyl sites for hydroxylation is 1. The molecule has 0 aromatic heterocycles. The van der Waals surface area contributed by atoms with Crippen molar-refractivity contribution in [2.45, 2.75) is 27.7 Å². The van der Waals surface area contributed by atoms with E-state index in [1.165, 1.54) is 0 Å². The summed E-state index contributed by atoms with van der Waals surface area (Å²) in [4.78, 5) is 11.2. The maximum absolute atomic E-state index is 11.2. The Kier molecular flexibility index (Phi) is 3.89. The van der Waals surface area contributed by atoms with E-state index in [9.17, 15) is 4.79 Å². The summed E-state index contributed by atoms with van der Waals surface area (Å²) in [5, 5.41) is 0. The van der Waals surface area contributed by atoms with E-state index in [0.29, 0.717) is 18.1 Å². The highest BCUT2D eigenvalue weighted by molar-refractivity contribution is 5.94. The maximum atomic E-state index is 11.2. The van der Waals surface area contributed by atoms with Crippen molar-refractivity contribution in [3.63, 3.8) is 0 Å². The average molecular weight is 206 g/mol. The molecule has 1 aromatic carbocycles. The van der Waals surface area contributed by atoms with E-state index < -0.39 is 0 Å². The van der Waals surface area contributed by atoms with Crippen LogP contribution in [-0.4, -0.2) is 12.4 Å². The number of rotatable bonds is 4. The van der Waals surface area contributed by atoms with Gasteiger partial charge in [-0.05, 0) is 31.4 Å². The Labute approximate surface area is 91.3 Å². The van der Waals surface area contributed by atoms with Gasteiger partial charge in [-0.3, -0.25) is 4.79 Å². The summed E-state index contributed by atoms with van der Waals surface area (Å²) in [5.74, 6) is 1.38. The number of Topliss-reactive ketones (excluding diaryl/α,β-unsaturated/α-hetero) is 1. The van der Waals surface area contributed by atoms with Crippen LogP contribution in [0.1, 0.15) is 36.7 Å². The molecule has 0 aliphatic heterocycles. The van der Waals surface area contributed by atoms with Crippen molar-refractivity contribution in [3.8, 4) is 5.75 Å². The first-order valence-electron chi connectivity index (χ1n) is 5.25. The lowest BCUT2D eigenvalue weighted by molar-refractivity contribution is 0.101. The lowest BCUT2D eigenvalue weighted by Gasteiger charge is -2.11. The minimum Gasteiger partial charge on any atom is -0.493 e. The number of hydrogen-bond acceptors (Lipinski definition) is 2. The van der Waals surface area contributed by atoms with Gasteiger partial charge in [-0.25, -0.2) is 0 Å². The van der Waals surface area contributed by atoms with Crippen LogP contribution in [0.5, 0.6) is 5.75 Å². The average Bonchev–Trinajstić information content (AvgIpc) is 2.16. The number of ether oxygens (including phenoxy) is 1. The Hall–Kier alpha value is -1.31. The van der Waals surface area contributed by atoms with Crippen LogP contribution in [-0.2, 0) is 0 Å². The molecule has 0 aliphatic rings. The van der Waals surface area contributed by atoms with Gasteiger partial charge in [0.2, 0.25) is 0 Å². The second-order valence-electron chi connectivity index (χ2n) is 4.24. The molecule has 2 nitrogen and oxygen atoms in total. The molecule has 0 saturated heterocycles. The van der Waals surface area contributed by atoms with E-state index >= 15 is 0 Å². The minimum atomic E-state index is 0.0735. The summed E-state index contributed by atoms with van der Waals surface area (Å²) in [7, 11) is 0. The molecule has 82 valence electrons. The lowest BCUT2D eigenvalue weighted by atomic mass is 10.1. The van der Waals surface area contributed by atoms with Crippen LogP contribution in [0.3, 0.4) is 0 Å². The Bertz CT molecular complexity index is 354. The van der Waals surface area contributed by atoms with E-state index in [2.05, 4.69) is 13.8 Å². The van der Waals surface area contributed by atoms with Crippen molar-refractivity contribution < 1.29 is 9.53 Å². The molecule has 0 fully saturated rings. The molecule has 0 atom stereocenters. The Morgan fingerprint density at radius 3 is 2.60 bits per heavy atom. The molecule has 2 heteroatoms. The third-order valence-electron chi connectivity index (χ3n) is 2.17. The number of carbonyl (C=O) groups is 1. The topological polar surface area (TPSA) is 26.3 Å². The van der Waals surface area contributed by atoms with Crippen molar-refractivity contribution >= 4 is 5.78 Å². The second kappa shape index (κ2) is 4.96. The van der Waals surface area contributed by atoms with Gasteiger partial charge >= 0.3 is 0 Å². The lowest BCUT2D eigenvalue weighted by Crippen LogP contribution is -2.06. The molecule has 1 rings (SSSR count). The van der Waals surface area contributed by atoms with Gasteiger partial charge in [0.1, 0.15) is 5.75 Å². The molecular weight excluding hydrogens is 188 g/mol. The van der Waals surface area contributed by atoms with E-state index in [1.54, 1.807) is 6.92 Å². The van der Waals surface area contributed by atoms with E-state index in [1.807, 2.05) is 25.1 Å². The van der Waals surface area contributed by atoms with Gasteiger partial charge in [-0.2, -0.15) is 0 Å². The number of ketones is 1. The Balaban J connectivity index is 2.85. The summed E-state index contributed by atoms with van der Waals surface area (Å²) in [6.07, 6.45) is 0. The van der Waals surface area contributed by atoms with Gasteiger partial charge < -0.3 is 4.74 Å². The first kappa shape index (κ1) is 11.8. The van der Waals surface area contributed by atoms with Crippen LogP contribution in [0.4, 0.5) is 0 Å². The molecule has 0 N–H and O–H groups in total. The number of carbonyl (C=O) groups excluding carboxylic acids is 1. The predicted octanol–water partition coefficient (Wildman–Crippen LogP) is 3.23. The zero-order valence-electron chi connectivity index (χ0n) is 9.83. The van der Waals surface area contributed by atoms with Gasteiger partial charge in [0, 0.05) is 5.56 Å². The number of hydrogen-bond donors (Lipinski definition) is 0. The standard InChI is InChI=1S/C13H18O2/c1-9(2)8-15-13-7-12(11(4)14)6-5-10(13)3/h5-7,9H,8H2,1-4H3. The smallest absolute Gasteiger partial charge is 0.159 e. The van der Waals surface area contributed by atoms with Crippen molar-refractivity contribution in [1.82, 2.24) is 0 Å². The molecule has 0 spiro atoms. The largest absolute Gasteiger partial charge is 0.493 e. The highest BCUT2D eigenvalue weighted by Crippen LogP contribution is 2.20. The van der Waals surface area contributed by atoms with E-state index in [4.69, 9.17) is 4.74 Å². The quantitative estimate of drug-likeness (QED) is 0.707. The maximum Gasteiger partial charge on any atom is 0.159 e. The van der Waals surface area contributed by atoms with Gasteiger partial charge in [0.05, 0.1) is 6.61 Å². The molecule has 0 bridgehead atoms. The van der Waals surface area contributed by atoms with Crippen LogP contribution in [0.25, 0.3) is 0 Å². The van der Waals surface area contributed by atoms with Crippen LogP contribution < -0.4 is 4.74 Å². The molecular formula is C13H18O2. The Morgan fingerprint density at radius 1 is 1.40 bits per heavy atom. The van der Waals surface area contributed by atoms with Crippen molar-refractivity contribution in [2.75, 3.05) is 6.61 Å². The van der Waals surface area contributed by atoms with Crippen LogP contribution in [0.15, 0.2) is 18.2 Å². The molecule has 0 unspecified atom stereocenters. The summed E-state index contributed by atoms with van der Waals surface area (Å²) >= 11 is 0. The van der Waals surface area contributed by atoms with Crippen molar-refractivity contribution in [1.29, 1.82) is 0 Å². The summed E-state index contributed by atoms with van der Waals surface area (Å²) < 4.78 is 5.64. The molecule has 0 aliphatic carbocycles. The molecule has 1 aromatic rings. The van der Waals surface area contributed by atoms with Gasteiger partial charge in [0.15, 0.2) is 5.78 Å².